The fourth-order valence-corrected chi connectivity index (χ4v) is 3.68. The molecule has 0 spiro atoms. The first-order valence-corrected chi connectivity index (χ1v) is 8.60. The van der Waals surface area contributed by atoms with E-state index in [1.54, 1.807) is 13.1 Å². The number of hydrogen-bond donors (Lipinski definition) is 0. The summed E-state index contributed by atoms with van der Waals surface area (Å²) in [6.07, 6.45) is 0. The van der Waals surface area contributed by atoms with Gasteiger partial charge < -0.3 is 4.90 Å². The molecule has 122 valence electrons. The number of benzene rings is 2. The SMILES string of the molecule is CN(Cc1nc2ccccc2s1)C(=O)c1ccc(Br)c([N+](=O)[O-])c1. The van der Waals surface area contributed by atoms with Crippen molar-refractivity contribution in [3.8, 4) is 0 Å². The summed E-state index contributed by atoms with van der Waals surface area (Å²) in [6.45, 7) is 0.349. The van der Waals surface area contributed by atoms with Crippen molar-refractivity contribution in [3.05, 3.63) is 67.6 Å². The number of aromatic nitrogens is 1. The number of hydrogen-bond acceptors (Lipinski definition) is 5. The zero-order valence-corrected chi connectivity index (χ0v) is 15.0. The van der Waals surface area contributed by atoms with E-state index in [0.29, 0.717) is 11.0 Å². The van der Waals surface area contributed by atoms with E-state index in [-0.39, 0.29) is 17.2 Å². The van der Waals surface area contributed by atoms with Crippen molar-refractivity contribution in [2.24, 2.45) is 0 Å². The number of nitrogens with zero attached hydrogens (tertiary/aromatic N) is 3. The molecule has 1 aromatic heterocycles. The molecule has 24 heavy (non-hydrogen) atoms. The van der Waals surface area contributed by atoms with Crippen LogP contribution in [-0.2, 0) is 6.54 Å². The largest absolute Gasteiger partial charge is 0.335 e. The summed E-state index contributed by atoms with van der Waals surface area (Å²) in [5, 5.41) is 11.8. The standard InChI is InChI=1S/C16H12BrN3O3S/c1-19(9-15-18-12-4-2-3-5-14(12)24-15)16(21)10-6-7-11(17)13(8-10)20(22)23/h2-8H,9H2,1H3. The minimum atomic E-state index is -0.519. The van der Waals surface area contributed by atoms with Crippen LogP contribution >= 0.6 is 27.3 Å². The Morgan fingerprint density at radius 1 is 1.33 bits per heavy atom. The summed E-state index contributed by atoms with van der Waals surface area (Å²) in [5.74, 6) is -0.287. The van der Waals surface area contributed by atoms with E-state index in [0.717, 1.165) is 15.2 Å². The van der Waals surface area contributed by atoms with Crippen molar-refractivity contribution < 1.29 is 9.72 Å². The highest BCUT2D eigenvalue weighted by atomic mass is 79.9. The van der Waals surface area contributed by atoms with Crippen LogP contribution < -0.4 is 0 Å². The summed E-state index contributed by atoms with van der Waals surface area (Å²) < 4.78 is 1.41. The maximum atomic E-state index is 12.5. The highest BCUT2D eigenvalue weighted by molar-refractivity contribution is 9.10. The number of nitro benzene ring substituents is 1. The third kappa shape index (κ3) is 3.29. The van der Waals surface area contributed by atoms with Crippen LogP contribution in [0.2, 0.25) is 0 Å². The van der Waals surface area contributed by atoms with Gasteiger partial charge in [0, 0.05) is 18.7 Å². The van der Waals surface area contributed by atoms with Crippen molar-refractivity contribution in [2.75, 3.05) is 7.05 Å². The molecule has 0 aliphatic rings. The predicted octanol–water partition coefficient (Wildman–Crippen LogP) is 4.24. The molecule has 0 aliphatic heterocycles. The Morgan fingerprint density at radius 2 is 2.08 bits per heavy atom. The van der Waals surface area contributed by atoms with Crippen LogP contribution in [0.4, 0.5) is 5.69 Å². The van der Waals surface area contributed by atoms with Crippen LogP contribution in [-0.4, -0.2) is 27.8 Å². The lowest BCUT2D eigenvalue weighted by Crippen LogP contribution is -2.26. The Morgan fingerprint density at radius 3 is 2.79 bits per heavy atom. The Kier molecular flexibility index (Phi) is 4.59. The topological polar surface area (TPSA) is 76.3 Å². The molecule has 0 bridgehead atoms. The monoisotopic (exact) mass is 405 g/mol. The van der Waals surface area contributed by atoms with Crippen LogP contribution in [0.1, 0.15) is 15.4 Å². The van der Waals surface area contributed by atoms with Crippen molar-refractivity contribution in [3.63, 3.8) is 0 Å². The van der Waals surface area contributed by atoms with E-state index >= 15 is 0 Å². The van der Waals surface area contributed by atoms with Crippen molar-refractivity contribution in [1.29, 1.82) is 0 Å². The first-order valence-electron chi connectivity index (χ1n) is 6.99. The number of thiazole rings is 1. The van der Waals surface area contributed by atoms with Gasteiger partial charge in [-0.05, 0) is 40.2 Å². The lowest BCUT2D eigenvalue weighted by atomic mass is 10.2. The van der Waals surface area contributed by atoms with Gasteiger partial charge in [0.05, 0.1) is 26.2 Å². The normalized spacial score (nSPS) is 10.8. The number of amides is 1. The molecule has 0 saturated carbocycles. The van der Waals surface area contributed by atoms with E-state index < -0.39 is 4.92 Å². The van der Waals surface area contributed by atoms with Crippen LogP contribution in [0.5, 0.6) is 0 Å². The van der Waals surface area contributed by atoms with Crippen LogP contribution in [0.15, 0.2) is 46.9 Å². The van der Waals surface area contributed by atoms with Gasteiger partial charge in [-0.2, -0.15) is 0 Å². The molecule has 1 heterocycles. The molecule has 0 fully saturated rings. The Labute approximate surface area is 150 Å². The molecule has 0 atom stereocenters. The molecule has 1 amide bonds. The highest BCUT2D eigenvalue weighted by Gasteiger charge is 2.19. The molecule has 3 rings (SSSR count). The minimum Gasteiger partial charge on any atom is -0.335 e. The van der Waals surface area contributed by atoms with Gasteiger partial charge in [-0.1, -0.05) is 12.1 Å². The Bertz CT molecular complexity index is 908. The number of carbonyl (C=O) groups is 1. The molecule has 0 saturated heterocycles. The van der Waals surface area contributed by atoms with Gasteiger partial charge in [0.2, 0.25) is 0 Å². The van der Waals surface area contributed by atoms with E-state index in [4.69, 9.17) is 0 Å². The van der Waals surface area contributed by atoms with Gasteiger partial charge >= 0.3 is 0 Å². The second-order valence-corrected chi connectivity index (χ2v) is 7.13. The average molecular weight is 406 g/mol. The van der Waals surface area contributed by atoms with Crippen molar-refractivity contribution >= 4 is 49.1 Å². The first-order chi connectivity index (χ1) is 11.5. The van der Waals surface area contributed by atoms with Gasteiger partial charge in [-0.3, -0.25) is 14.9 Å². The molecule has 8 heteroatoms. The molecule has 6 nitrogen and oxygen atoms in total. The molecule has 3 aromatic rings. The first kappa shape index (κ1) is 16.5. The third-order valence-corrected chi connectivity index (χ3v) is 5.14. The van der Waals surface area contributed by atoms with Crippen LogP contribution in [0.25, 0.3) is 10.2 Å². The van der Waals surface area contributed by atoms with Gasteiger partial charge in [0.25, 0.3) is 11.6 Å². The summed E-state index contributed by atoms with van der Waals surface area (Å²) in [7, 11) is 1.66. The smallest absolute Gasteiger partial charge is 0.284 e. The lowest BCUT2D eigenvalue weighted by Gasteiger charge is -2.15. The summed E-state index contributed by atoms with van der Waals surface area (Å²) in [6, 6.07) is 12.1. The maximum absolute atomic E-state index is 12.5. The number of nitro groups is 1. The van der Waals surface area contributed by atoms with Crippen molar-refractivity contribution in [1.82, 2.24) is 9.88 Å². The Hall–Kier alpha value is -2.32. The van der Waals surface area contributed by atoms with Crippen LogP contribution in [0.3, 0.4) is 0 Å². The molecule has 0 radical (unpaired) electrons. The maximum Gasteiger partial charge on any atom is 0.284 e. The van der Waals surface area contributed by atoms with E-state index in [1.165, 1.54) is 28.4 Å². The van der Waals surface area contributed by atoms with E-state index in [2.05, 4.69) is 20.9 Å². The highest BCUT2D eigenvalue weighted by Crippen LogP contribution is 2.27. The van der Waals surface area contributed by atoms with E-state index in [1.807, 2.05) is 24.3 Å². The summed E-state index contributed by atoms with van der Waals surface area (Å²) >= 11 is 4.64. The lowest BCUT2D eigenvalue weighted by molar-refractivity contribution is -0.385. The van der Waals surface area contributed by atoms with Gasteiger partial charge in [0.15, 0.2) is 0 Å². The zero-order chi connectivity index (χ0) is 17.3. The molecule has 0 unspecified atom stereocenters. The molecule has 0 aliphatic carbocycles. The zero-order valence-electron chi connectivity index (χ0n) is 12.6. The van der Waals surface area contributed by atoms with Gasteiger partial charge in [-0.15, -0.1) is 11.3 Å². The molecule has 2 aromatic carbocycles. The third-order valence-electron chi connectivity index (χ3n) is 3.45. The number of fused-ring (bicyclic) bond motifs is 1. The fourth-order valence-electron chi connectivity index (χ4n) is 2.27. The molecular formula is C16H12BrN3O3S. The van der Waals surface area contributed by atoms with E-state index in [9.17, 15) is 14.9 Å². The number of para-hydroxylation sites is 1. The van der Waals surface area contributed by atoms with Crippen LogP contribution in [0, 0.1) is 10.1 Å². The predicted molar refractivity (Wildman–Crippen MR) is 96.2 cm³/mol. The second-order valence-electron chi connectivity index (χ2n) is 5.16. The number of halogens is 1. The fraction of sp³-hybridized carbons (Fsp3) is 0.125. The number of rotatable bonds is 4. The summed E-state index contributed by atoms with van der Waals surface area (Å²) in [4.78, 5) is 29.0. The molecular weight excluding hydrogens is 394 g/mol. The molecule has 0 N–H and O–H groups in total. The second kappa shape index (κ2) is 6.66. The number of carbonyl (C=O) groups excluding carboxylic acids is 1. The minimum absolute atomic E-state index is 0.130. The Balaban J connectivity index is 1.81. The van der Waals surface area contributed by atoms with Gasteiger partial charge in [-0.25, -0.2) is 4.98 Å². The quantitative estimate of drug-likeness (QED) is 0.480. The van der Waals surface area contributed by atoms with Gasteiger partial charge in [0.1, 0.15) is 5.01 Å². The van der Waals surface area contributed by atoms with Crippen molar-refractivity contribution in [2.45, 2.75) is 6.54 Å². The average Bonchev–Trinajstić information content (AvgIpc) is 2.96. The summed E-state index contributed by atoms with van der Waals surface area (Å²) in [5.41, 5.74) is 1.04.